The summed E-state index contributed by atoms with van der Waals surface area (Å²) in [5.74, 6) is -2.51. The molecule has 5 heteroatoms. The maximum absolute atomic E-state index is 9.55. The number of rotatable bonds is 3. The number of aliphatic carboxylic acids is 2. The number of hydrogen-bond acceptors (Lipinski definition) is 3. The lowest BCUT2D eigenvalue weighted by Crippen LogP contribution is -1.91. The Kier molecular flexibility index (Phi) is 10.2. The summed E-state index contributed by atoms with van der Waals surface area (Å²) in [5, 5.41) is 23.4. The van der Waals surface area contributed by atoms with Gasteiger partial charge >= 0.3 is 11.9 Å². The summed E-state index contributed by atoms with van der Waals surface area (Å²) in [5.41, 5.74) is 0. The van der Waals surface area contributed by atoms with Gasteiger partial charge in [-0.2, -0.15) is 0 Å². The molecule has 0 bridgehead atoms. The molecule has 0 amide bonds. The molecule has 0 unspecified atom stereocenters. The average Bonchev–Trinajstić information content (AvgIpc) is 2.01. The topological polar surface area (TPSA) is 94.8 Å². The van der Waals surface area contributed by atoms with Crippen molar-refractivity contribution in [2.45, 2.75) is 0 Å². The van der Waals surface area contributed by atoms with Gasteiger partial charge in [0.05, 0.1) is 6.61 Å². The highest BCUT2D eigenvalue weighted by atomic mass is 16.4. The molecule has 0 rings (SSSR count). The summed E-state index contributed by atoms with van der Waals surface area (Å²) in [6.07, 6.45) is 2.55. The second-order valence-electron chi connectivity index (χ2n) is 1.48. The Morgan fingerprint density at radius 2 is 1.42 bits per heavy atom. The lowest BCUT2D eigenvalue weighted by molar-refractivity contribution is -0.134. The molecular formula is C7H10O5. The molecule has 0 saturated heterocycles. The number of carbonyl (C=O) groups is 2. The van der Waals surface area contributed by atoms with E-state index in [1.807, 2.05) is 0 Å². The van der Waals surface area contributed by atoms with E-state index in [0.29, 0.717) is 12.2 Å². The minimum Gasteiger partial charge on any atom is -0.478 e. The molecule has 0 radical (unpaired) electrons. The van der Waals surface area contributed by atoms with E-state index in [9.17, 15) is 9.59 Å². The van der Waals surface area contributed by atoms with Crippen LogP contribution in [0.15, 0.2) is 24.8 Å². The number of carboxylic acid groups (broad SMARTS) is 2. The van der Waals surface area contributed by atoms with Crippen molar-refractivity contribution in [2.24, 2.45) is 0 Å². The van der Waals surface area contributed by atoms with Crippen LogP contribution in [0.3, 0.4) is 0 Å². The molecule has 0 heterocycles. The normalized spacial score (nSPS) is 8.42. The largest absolute Gasteiger partial charge is 0.478 e. The van der Waals surface area contributed by atoms with E-state index in [4.69, 9.17) is 15.3 Å². The fraction of sp³-hybridized carbons (Fsp3) is 0.143. The van der Waals surface area contributed by atoms with Crippen LogP contribution in [0.1, 0.15) is 0 Å². The summed E-state index contributed by atoms with van der Waals surface area (Å²) in [4.78, 5) is 19.1. The fourth-order valence-corrected chi connectivity index (χ4v) is 0.143. The summed E-state index contributed by atoms with van der Waals surface area (Å²) in [6.45, 7) is 3.31. The molecule has 0 aromatic carbocycles. The minimum absolute atomic E-state index is 0.0833. The van der Waals surface area contributed by atoms with Gasteiger partial charge in [-0.1, -0.05) is 6.08 Å². The van der Waals surface area contributed by atoms with Gasteiger partial charge in [-0.3, -0.25) is 0 Å². The van der Waals surface area contributed by atoms with Crippen LogP contribution in [0.4, 0.5) is 0 Å². The van der Waals surface area contributed by atoms with Gasteiger partial charge in [-0.05, 0) is 0 Å². The lowest BCUT2D eigenvalue weighted by Gasteiger charge is -1.74. The third kappa shape index (κ3) is 23.8. The molecule has 0 aromatic rings. The van der Waals surface area contributed by atoms with Crippen LogP contribution in [0.5, 0.6) is 0 Å². The van der Waals surface area contributed by atoms with Crippen LogP contribution in [0, 0.1) is 0 Å². The smallest absolute Gasteiger partial charge is 0.328 e. The highest BCUT2D eigenvalue weighted by molar-refractivity contribution is 5.89. The monoisotopic (exact) mass is 174 g/mol. The first-order chi connectivity index (χ1) is 5.54. The summed E-state index contributed by atoms with van der Waals surface area (Å²) in [6, 6.07) is 0. The molecule has 0 aliphatic rings. The van der Waals surface area contributed by atoms with E-state index < -0.39 is 11.9 Å². The van der Waals surface area contributed by atoms with Crippen molar-refractivity contribution in [1.82, 2.24) is 0 Å². The van der Waals surface area contributed by atoms with E-state index in [0.717, 1.165) is 0 Å². The summed E-state index contributed by atoms with van der Waals surface area (Å²) < 4.78 is 0. The van der Waals surface area contributed by atoms with Crippen molar-refractivity contribution >= 4 is 11.9 Å². The zero-order valence-corrected chi connectivity index (χ0v) is 6.30. The van der Waals surface area contributed by atoms with Crippen molar-refractivity contribution in [3.8, 4) is 0 Å². The maximum Gasteiger partial charge on any atom is 0.328 e. The molecule has 68 valence electrons. The molecule has 0 aliphatic heterocycles. The molecule has 5 nitrogen and oxygen atoms in total. The number of aliphatic hydroxyl groups excluding tert-OH is 1. The van der Waals surface area contributed by atoms with Gasteiger partial charge < -0.3 is 15.3 Å². The summed E-state index contributed by atoms with van der Waals surface area (Å²) >= 11 is 0. The van der Waals surface area contributed by atoms with E-state index in [1.54, 1.807) is 0 Å². The van der Waals surface area contributed by atoms with E-state index in [1.165, 1.54) is 6.08 Å². The Morgan fingerprint density at radius 3 is 1.50 bits per heavy atom. The Labute approximate surface area is 69.3 Å². The van der Waals surface area contributed by atoms with Crippen LogP contribution in [-0.2, 0) is 9.59 Å². The molecule has 0 saturated carbocycles. The highest BCUT2D eigenvalue weighted by Gasteiger charge is 1.88. The lowest BCUT2D eigenvalue weighted by atomic mass is 10.5. The predicted octanol–water partition coefficient (Wildman–Crippen LogP) is -0.124. The quantitative estimate of drug-likeness (QED) is 0.409. The van der Waals surface area contributed by atoms with Crippen molar-refractivity contribution in [1.29, 1.82) is 0 Å². The Morgan fingerprint density at radius 1 is 1.17 bits per heavy atom. The molecule has 3 N–H and O–H groups in total. The highest BCUT2D eigenvalue weighted by Crippen LogP contribution is 1.70. The first kappa shape index (κ1) is 13.0. The maximum atomic E-state index is 9.55. The average molecular weight is 174 g/mol. The SMILES string of the molecule is C=CCO.O=C(O)/C=C\C(=O)O. The zero-order valence-electron chi connectivity index (χ0n) is 6.30. The van der Waals surface area contributed by atoms with Gasteiger partial charge in [-0.15, -0.1) is 6.58 Å². The van der Waals surface area contributed by atoms with Crippen LogP contribution in [0.2, 0.25) is 0 Å². The van der Waals surface area contributed by atoms with Crippen LogP contribution < -0.4 is 0 Å². The fourth-order valence-electron chi connectivity index (χ4n) is 0.143. The zero-order chi connectivity index (χ0) is 9.98. The van der Waals surface area contributed by atoms with Gasteiger partial charge in [0, 0.05) is 12.2 Å². The van der Waals surface area contributed by atoms with Crippen LogP contribution in [0.25, 0.3) is 0 Å². The second-order valence-corrected chi connectivity index (χ2v) is 1.48. The predicted molar refractivity (Wildman–Crippen MR) is 41.7 cm³/mol. The van der Waals surface area contributed by atoms with Gasteiger partial charge in [0.15, 0.2) is 0 Å². The van der Waals surface area contributed by atoms with Crippen molar-refractivity contribution in [3.05, 3.63) is 24.8 Å². The van der Waals surface area contributed by atoms with E-state index >= 15 is 0 Å². The first-order valence-electron chi connectivity index (χ1n) is 2.90. The molecule has 0 spiro atoms. The number of hydrogen-bond donors (Lipinski definition) is 3. The Bertz CT molecular complexity index is 166. The molecule has 12 heavy (non-hydrogen) atoms. The van der Waals surface area contributed by atoms with E-state index in [-0.39, 0.29) is 6.61 Å². The number of carboxylic acids is 2. The third-order valence-electron chi connectivity index (χ3n) is 0.498. The van der Waals surface area contributed by atoms with Gasteiger partial charge in [0.2, 0.25) is 0 Å². The number of aliphatic hydroxyl groups is 1. The Balaban J connectivity index is 0. The van der Waals surface area contributed by atoms with Crippen molar-refractivity contribution in [2.75, 3.05) is 6.61 Å². The van der Waals surface area contributed by atoms with Gasteiger partial charge in [-0.25, -0.2) is 9.59 Å². The van der Waals surface area contributed by atoms with Crippen LogP contribution in [-0.4, -0.2) is 33.9 Å². The molecular weight excluding hydrogens is 164 g/mol. The summed E-state index contributed by atoms with van der Waals surface area (Å²) in [7, 11) is 0. The molecule has 0 atom stereocenters. The standard InChI is InChI=1S/C4H4O4.C3H6O/c5-3(6)1-2-4(7)8;1-2-3-4/h1-2H,(H,5,6)(H,7,8);2,4H,1,3H2/b2-1-;. The van der Waals surface area contributed by atoms with Gasteiger partial charge in [0.1, 0.15) is 0 Å². The van der Waals surface area contributed by atoms with Crippen LogP contribution >= 0.6 is 0 Å². The molecule has 0 aromatic heterocycles. The van der Waals surface area contributed by atoms with E-state index in [2.05, 4.69) is 6.58 Å². The third-order valence-corrected chi connectivity index (χ3v) is 0.498. The van der Waals surface area contributed by atoms with Crippen molar-refractivity contribution in [3.63, 3.8) is 0 Å². The molecule has 0 aliphatic carbocycles. The second kappa shape index (κ2) is 9.38. The van der Waals surface area contributed by atoms with Crippen molar-refractivity contribution < 1.29 is 24.9 Å². The first-order valence-corrected chi connectivity index (χ1v) is 2.90. The Hall–Kier alpha value is -1.62. The van der Waals surface area contributed by atoms with Gasteiger partial charge in [0.25, 0.3) is 0 Å². The molecule has 0 fully saturated rings. The minimum atomic E-state index is -1.26.